The van der Waals surface area contributed by atoms with Crippen LogP contribution in [0.5, 0.6) is 0 Å². The molecular weight excluding hydrogens is 232 g/mol. The standard InChI is InChI=1S/C13H30N2OS/c1-4-14(5-2)8-7-9-15(6-3)10-11-16-12-13-17/h17H,4-13H2,1-3H3. The minimum absolute atomic E-state index is 0.764. The molecule has 0 radical (unpaired) electrons. The molecular formula is C13H30N2OS. The molecule has 104 valence electrons. The van der Waals surface area contributed by atoms with Crippen molar-refractivity contribution in [3.05, 3.63) is 0 Å². The van der Waals surface area contributed by atoms with E-state index in [1.165, 1.54) is 19.5 Å². The van der Waals surface area contributed by atoms with E-state index in [9.17, 15) is 0 Å². The second-order valence-corrected chi connectivity index (χ2v) is 4.60. The van der Waals surface area contributed by atoms with Crippen LogP contribution < -0.4 is 0 Å². The Hall–Kier alpha value is 0.230. The summed E-state index contributed by atoms with van der Waals surface area (Å²) in [4.78, 5) is 4.94. The summed E-state index contributed by atoms with van der Waals surface area (Å²) in [6, 6.07) is 0. The first-order chi connectivity index (χ1) is 8.28. The molecule has 0 heterocycles. The van der Waals surface area contributed by atoms with Crippen LogP contribution in [0.1, 0.15) is 27.2 Å². The molecule has 0 rings (SSSR count). The van der Waals surface area contributed by atoms with Gasteiger partial charge in [0.1, 0.15) is 0 Å². The van der Waals surface area contributed by atoms with Crippen LogP contribution in [0.4, 0.5) is 0 Å². The molecule has 0 aliphatic heterocycles. The minimum Gasteiger partial charge on any atom is -0.379 e. The summed E-state index contributed by atoms with van der Waals surface area (Å²) in [6.45, 7) is 15.1. The third-order valence-electron chi connectivity index (χ3n) is 3.08. The molecule has 0 unspecified atom stereocenters. The largest absolute Gasteiger partial charge is 0.379 e. The Labute approximate surface area is 113 Å². The summed E-state index contributed by atoms with van der Waals surface area (Å²) < 4.78 is 5.46. The van der Waals surface area contributed by atoms with Crippen LogP contribution >= 0.6 is 12.6 Å². The number of thiol groups is 1. The molecule has 0 aromatic rings. The smallest absolute Gasteiger partial charge is 0.0593 e. The zero-order chi connectivity index (χ0) is 12.9. The Balaban J connectivity index is 3.53. The topological polar surface area (TPSA) is 15.7 Å². The molecule has 0 saturated carbocycles. The minimum atomic E-state index is 0.764. The highest BCUT2D eigenvalue weighted by Gasteiger charge is 2.03. The number of likely N-dealkylation sites (N-methyl/N-ethyl adjacent to an activating group) is 1. The van der Waals surface area contributed by atoms with Gasteiger partial charge in [-0.25, -0.2) is 0 Å². The molecule has 0 bridgehead atoms. The van der Waals surface area contributed by atoms with Crippen LogP contribution in [0.3, 0.4) is 0 Å². The maximum absolute atomic E-state index is 5.46. The maximum Gasteiger partial charge on any atom is 0.0593 e. The Morgan fingerprint density at radius 1 is 0.824 bits per heavy atom. The predicted molar refractivity (Wildman–Crippen MR) is 79.2 cm³/mol. The van der Waals surface area contributed by atoms with E-state index in [-0.39, 0.29) is 0 Å². The van der Waals surface area contributed by atoms with Crippen LogP contribution in [-0.4, -0.2) is 68.0 Å². The predicted octanol–water partition coefficient (Wildman–Crippen LogP) is 1.99. The highest BCUT2D eigenvalue weighted by molar-refractivity contribution is 7.80. The lowest BCUT2D eigenvalue weighted by molar-refractivity contribution is 0.115. The van der Waals surface area contributed by atoms with Crippen LogP contribution in [-0.2, 0) is 4.74 Å². The third-order valence-corrected chi connectivity index (χ3v) is 3.26. The summed E-state index contributed by atoms with van der Waals surface area (Å²) in [6.07, 6.45) is 1.25. The van der Waals surface area contributed by atoms with E-state index in [4.69, 9.17) is 4.74 Å². The van der Waals surface area contributed by atoms with Gasteiger partial charge in [-0.05, 0) is 39.1 Å². The zero-order valence-electron chi connectivity index (χ0n) is 11.8. The SMILES string of the molecule is CCN(CC)CCCN(CC)CCOCCS. The van der Waals surface area contributed by atoms with Crippen molar-refractivity contribution in [1.82, 2.24) is 9.80 Å². The lowest BCUT2D eigenvalue weighted by Crippen LogP contribution is -2.32. The van der Waals surface area contributed by atoms with Gasteiger partial charge in [0.15, 0.2) is 0 Å². The monoisotopic (exact) mass is 262 g/mol. The first kappa shape index (κ1) is 17.2. The average Bonchev–Trinajstić information content (AvgIpc) is 2.37. The van der Waals surface area contributed by atoms with Crippen molar-refractivity contribution in [2.24, 2.45) is 0 Å². The van der Waals surface area contributed by atoms with Crippen molar-refractivity contribution in [2.75, 3.05) is 58.2 Å². The first-order valence-electron chi connectivity index (χ1n) is 6.91. The molecule has 0 aliphatic carbocycles. The quantitative estimate of drug-likeness (QED) is 0.428. The fourth-order valence-electron chi connectivity index (χ4n) is 1.85. The number of nitrogens with zero attached hydrogens (tertiary/aromatic N) is 2. The van der Waals surface area contributed by atoms with Crippen LogP contribution in [0.15, 0.2) is 0 Å². The van der Waals surface area contributed by atoms with Crippen molar-refractivity contribution in [3.63, 3.8) is 0 Å². The molecule has 0 aromatic carbocycles. The van der Waals surface area contributed by atoms with Gasteiger partial charge >= 0.3 is 0 Å². The normalized spacial score (nSPS) is 11.6. The van der Waals surface area contributed by atoms with Gasteiger partial charge in [-0.3, -0.25) is 0 Å². The molecule has 0 amide bonds. The molecule has 0 aromatic heterocycles. The van der Waals surface area contributed by atoms with Gasteiger partial charge in [-0.15, -0.1) is 0 Å². The number of rotatable bonds is 12. The summed E-state index contributed by atoms with van der Waals surface area (Å²) in [7, 11) is 0. The highest BCUT2D eigenvalue weighted by Crippen LogP contribution is 1.95. The van der Waals surface area contributed by atoms with E-state index in [1.54, 1.807) is 0 Å². The number of ether oxygens (including phenoxy) is 1. The van der Waals surface area contributed by atoms with E-state index in [2.05, 4.69) is 43.2 Å². The van der Waals surface area contributed by atoms with Crippen molar-refractivity contribution >= 4 is 12.6 Å². The molecule has 0 fully saturated rings. The van der Waals surface area contributed by atoms with Gasteiger partial charge in [-0.1, -0.05) is 20.8 Å². The Morgan fingerprint density at radius 3 is 1.94 bits per heavy atom. The van der Waals surface area contributed by atoms with E-state index >= 15 is 0 Å². The van der Waals surface area contributed by atoms with Crippen molar-refractivity contribution in [1.29, 1.82) is 0 Å². The Kier molecular flexibility index (Phi) is 12.9. The Bertz CT molecular complexity index is 154. The van der Waals surface area contributed by atoms with Crippen LogP contribution in [0.2, 0.25) is 0 Å². The summed E-state index contributed by atoms with van der Waals surface area (Å²) in [5.41, 5.74) is 0. The van der Waals surface area contributed by atoms with E-state index < -0.39 is 0 Å². The lowest BCUT2D eigenvalue weighted by atomic mass is 10.3. The van der Waals surface area contributed by atoms with Gasteiger partial charge in [0.25, 0.3) is 0 Å². The molecule has 4 heteroatoms. The number of hydrogen-bond acceptors (Lipinski definition) is 4. The van der Waals surface area contributed by atoms with Gasteiger partial charge in [0.2, 0.25) is 0 Å². The lowest BCUT2D eigenvalue weighted by Gasteiger charge is -2.23. The van der Waals surface area contributed by atoms with Crippen molar-refractivity contribution < 1.29 is 4.74 Å². The second kappa shape index (κ2) is 12.7. The highest BCUT2D eigenvalue weighted by atomic mass is 32.1. The average molecular weight is 262 g/mol. The molecule has 0 saturated heterocycles. The van der Waals surface area contributed by atoms with Gasteiger partial charge < -0.3 is 14.5 Å². The Morgan fingerprint density at radius 2 is 1.41 bits per heavy atom. The number of hydrogen-bond donors (Lipinski definition) is 1. The summed E-state index contributed by atoms with van der Waals surface area (Å²) in [5, 5.41) is 0. The van der Waals surface area contributed by atoms with E-state index in [1.807, 2.05) is 0 Å². The molecule has 0 atom stereocenters. The zero-order valence-corrected chi connectivity index (χ0v) is 12.7. The summed E-state index contributed by atoms with van der Waals surface area (Å²) in [5.74, 6) is 0.814. The van der Waals surface area contributed by atoms with E-state index in [0.29, 0.717) is 0 Å². The van der Waals surface area contributed by atoms with Gasteiger partial charge in [0, 0.05) is 12.3 Å². The molecule has 0 N–H and O–H groups in total. The van der Waals surface area contributed by atoms with Gasteiger partial charge in [0.05, 0.1) is 13.2 Å². The van der Waals surface area contributed by atoms with Crippen molar-refractivity contribution in [2.45, 2.75) is 27.2 Å². The maximum atomic E-state index is 5.46. The molecule has 0 aliphatic rings. The van der Waals surface area contributed by atoms with Crippen LogP contribution in [0, 0.1) is 0 Å². The fourth-order valence-corrected chi connectivity index (χ4v) is 1.98. The molecule has 0 spiro atoms. The van der Waals surface area contributed by atoms with E-state index in [0.717, 1.165) is 45.1 Å². The fraction of sp³-hybridized carbons (Fsp3) is 1.00. The van der Waals surface area contributed by atoms with Gasteiger partial charge in [-0.2, -0.15) is 12.6 Å². The third kappa shape index (κ3) is 9.89. The molecule has 3 nitrogen and oxygen atoms in total. The molecule has 17 heavy (non-hydrogen) atoms. The second-order valence-electron chi connectivity index (χ2n) is 4.15. The van der Waals surface area contributed by atoms with Crippen molar-refractivity contribution in [3.8, 4) is 0 Å². The summed E-state index contributed by atoms with van der Waals surface area (Å²) >= 11 is 4.12. The first-order valence-corrected chi connectivity index (χ1v) is 7.54. The van der Waals surface area contributed by atoms with Crippen LogP contribution in [0.25, 0.3) is 0 Å².